The molecule has 0 atom stereocenters. The Kier molecular flexibility index (Phi) is 3.94. The van der Waals surface area contributed by atoms with Gasteiger partial charge in [0, 0.05) is 20.1 Å². The minimum Gasteiger partial charge on any atom is -0.480 e. The molecule has 0 radical (unpaired) electrons. The molecule has 0 fully saturated rings. The van der Waals surface area contributed by atoms with Crippen LogP contribution < -0.4 is 11.2 Å². The fourth-order valence-corrected chi connectivity index (χ4v) is 2.08. The minimum absolute atomic E-state index is 0.123. The van der Waals surface area contributed by atoms with Gasteiger partial charge in [0.05, 0.1) is 6.33 Å². The first-order chi connectivity index (χ1) is 9.82. The van der Waals surface area contributed by atoms with Gasteiger partial charge in [-0.1, -0.05) is 0 Å². The van der Waals surface area contributed by atoms with E-state index in [2.05, 4.69) is 4.98 Å². The lowest BCUT2D eigenvalue weighted by molar-refractivity contribution is -0.137. The molecule has 0 aliphatic carbocycles. The molecule has 2 aromatic heterocycles. The zero-order valence-corrected chi connectivity index (χ0v) is 12.1. The van der Waals surface area contributed by atoms with Crippen molar-refractivity contribution in [1.82, 2.24) is 23.6 Å². The molecule has 0 bridgehead atoms. The minimum atomic E-state index is -1.08. The van der Waals surface area contributed by atoms with Crippen molar-refractivity contribution in [1.29, 1.82) is 0 Å². The summed E-state index contributed by atoms with van der Waals surface area (Å²) in [5.41, 5.74) is -0.672. The van der Waals surface area contributed by atoms with Crippen LogP contribution in [-0.2, 0) is 24.9 Å². The normalized spacial score (nSPS) is 11.4. The number of aromatic nitrogens is 4. The summed E-state index contributed by atoms with van der Waals surface area (Å²) in [6.45, 7) is 0.373. The maximum Gasteiger partial charge on any atom is 0.332 e. The van der Waals surface area contributed by atoms with Gasteiger partial charge in [0.15, 0.2) is 11.2 Å². The number of aryl methyl sites for hydroxylation is 1. The highest BCUT2D eigenvalue weighted by molar-refractivity contribution is 5.74. The van der Waals surface area contributed by atoms with Crippen molar-refractivity contribution in [2.24, 2.45) is 7.05 Å². The Morgan fingerprint density at radius 3 is 2.62 bits per heavy atom. The first-order valence-corrected chi connectivity index (χ1v) is 6.34. The number of carboxylic acids is 1. The van der Waals surface area contributed by atoms with Gasteiger partial charge in [-0.2, -0.15) is 0 Å². The fraction of sp³-hybridized carbons (Fsp3) is 0.500. The average molecular weight is 295 g/mol. The van der Waals surface area contributed by atoms with E-state index in [-0.39, 0.29) is 24.3 Å². The maximum atomic E-state index is 12.5. The smallest absolute Gasteiger partial charge is 0.332 e. The van der Waals surface area contributed by atoms with Crippen LogP contribution in [0.1, 0.15) is 0 Å². The molecular formula is C12H17N5O4. The number of imidazole rings is 1. The number of fused-ring (bicyclic) bond motifs is 1. The Bertz CT molecular complexity index is 798. The lowest BCUT2D eigenvalue weighted by Crippen LogP contribution is -2.41. The highest BCUT2D eigenvalue weighted by Gasteiger charge is 2.17. The quantitative estimate of drug-likeness (QED) is 0.723. The Balaban J connectivity index is 2.67. The molecule has 0 amide bonds. The molecule has 9 nitrogen and oxygen atoms in total. The second kappa shape index (κ2) is 5.52. The van der Waals surface area contributed by atoms with E-state index >= 15 is 0 Å². The van der Waals surface area contributed by atoms with Gasteiger partial charge in [-0.25, -0.2) is 9.78 Å². The van der Waals surface area contributed by atoms with Crippen LogP contribution in [0.25, 0.3) is 11.2 Å². The van der Waals surface area contributed by atoms with Gasteiger partial charge >= 0.3 is 11.7 Å². The molecule has 0 aliphatic rings. The molecule has 2 heterocycles. The van der Waals surface area contributed by atoms with E-state index in [9.17, 15) is 14.4 Å². The van der Waals surface area contributed by atoms with E-state index in [1.165, 1.54) is 22.5 Å². The molecule has 21 heavy (non-hydrogen) atoms. The zero-order valence-electron chi connectivity index (χ0n) is 12.1. The molecule has 0 spiro atoms. The number of carboxylic acid groups (broad SMARTS) is 1. The third-order valence-corrected chi connectivity index (χ3v) is 3.18. The van der Waals surface area contributed by atoms with Crippen molar-refractivity contribution in [2.75, 3.05) is 20.6 Å². The van der Waals surface area contributed by atoms with Crippen LogP contribution in [0.4, 0.5) is 0 Å². The van der Waals surface area contributed by atoms with E-state index in [1.54, 1.807) is 0 Å². The summed E-state index contributed by atoms with van der Waals surface area (Å²) < 4.78 is 3.60. The SMILES string of the molecule is CN(C)CCn1c(=O)c2c(ncn2CC(=O)O)n(C)c1=O. The van der Waals surface area contributed by atoms with E-state index in [0.29, 0.717) is 6.54 Å². The lowest BCUT2D eigenvalue weighted by Gasteiger charge is -2.12. The summed E-state index contributed by atoms with van der Waals surface area (Å²) in [6, 6.07) is 0. The van der Waals surface area contributed by atoms with E-state index in [0.717, 1.165) is 4.57 Å². The van der Waals surface area contributed by atoms with Crippen LogP contribution in [0, 0.1) is 0 Å². The van der Waals surface area contributed by atoms with E-state index in [4.69, 9.17) is 5.11 Å². The number of carbonyl (C=O) groups is 1. The summed E-state index contributed by atoms with van der Waals surface area (Å²) in [5, 5.41) is 8.87. The molecular weight excluding hydrogens is 278 g/mol. The van der Waals surface area contributed by atoms with Crippen LogP contribution in [-0.4, -0.2) is 55.3 Å². The molecule has 9 heteroatoms. The van der Waals surface area contributed by atoms with Crippen molar-refractivity contribution in [3.8, 4) is 0 Å². The molecule has 0 aromatic carbocycles. The van der Waals surface area contributed by atoms with Gasteiger partial charge in [-0.15, -0.1) is 0 Å². The summed E-state index contributed by atoms with van der Waals surface area (Å²) in [4.78, 5) is 41.3. The van der Waals surface area contributed by atoms with Crippen molar-refractivity contribution < 1.29 is 9.90 Å². The maximum absolute atomic E-state index is 12.5. The average Bonchev–Trinajstić information content (AvgIpc) is 2.79. The van der Waals surface area contributed by atoms with E-state index < -0.39 is 17.2 Å². The molecule has 0 aliphatic heterocycles. The zero-order chi connectivity index (χ0) is 15.7. The van der Waals surface area contributed by atoms with Crippen LogP contribution in [0.3, 0.4) is 0 Å². The van der Waals surface area contributed by atoms with Crippen molar-refractivity contribution >= 4 is 17.1 Å². The number of likely N-dealkylation sites (N-methyl/N-ethyl adjacent to an activating group) is 1. The predicted octanol–water partition coefficient (Wildman–Crippen LogP) is -1.46. The van der Waals surface area contributed by atoms with E-state index in [1.807, 2.05) is 19.0 Å². The number of nitrogens with zero attached hydrogens (tertiary/aromatic N) is 5. The molecule has 114 valence electrons. The number of aliphatic carboxylic acids is 1. The van der Waals surface area contributed by atoms with Gasteiger partial charge in [0.25, 0.3) is 5.56 Å². The molecule has 1 N–H and O–H groups in total. The third kappa shape index (κ3) is 2.72. The summed E-state index contributed by atoms with van der Waals surface area (Å²) >= 11 is 0. The second-order valence-corrected chi connectivity index (χ2v) is 5.04. The molecule has 0 saturated carbocycles. The summed E-state index contributed by atoms with van der Waals surface area (Å²) in [7, 11) is 5.18. The van der Waals surface area contributed by atoms with Crippen molar-refractivity contribution in [2.45, 2.75) is 13.1 Å². The monoisotopic (exact) mass is 295 g/mol. The first kappa shape index (κ1) is 15.0. The number of hydrogen-bond donors (Lipinski definition) is 1. The van der Waals surface area contributed by atoms with Crippen LogP contribution >= 0.6 is 0 Å². The lowest BCUT2D eigenvalue weighted by atomic mass is 10.4. The molecule has 2 rings (SSSR count). The summed E-state index contributed by atoms with van der Waals surface area (Å²) in [6.07, 6.45) is 1.26. The third-order valence-electron chi connectivity index (χ3n) is 3.18. The van der Waals surface area contributed by atoms with Gasteiger partial charge < -0.3 is 14.6 Å². The fourth-order valence-electron chi connectivity index (χ4n) is 2.08. The summed E-state index contributed by atoms with van der Waals surface area (Å²) in [5.74, 6) is -1.08. The van der Waals surface area contributed by atoms with Crippen molar-refractivity contribution in [3.05, 3.63) is 27.2 Å². The topological polar surface area (TPSA) is 102 Å². The largest absolute Gasteiger partial charge is 0.480 e. The standard InChI is InChI=1S/C12H17N5O4/c1-14(2)4-5-17-11(20)9-10(15(3)12(17)21)13-7-16(9)6-8(18)19/h7H,4-6H2,1-3H3,(H,18,19). The highest BCUT2D eigenvalue weighted by Crippen LogP contribution is 2.05. The van der Waals surface area contributed by atoms with Gasteiger partial charge in [0.2, 0.25) is 0 Å². The van der Waals surface area contributed by atoms with Crippen LogP contribution in [0.15, 0.2) is 15.9 Å². The Morgan fingerprint density at radius 2 is 2.05 bits per heavy atom. The van der Waals surface area contributed by atoms with Gasteiger partial charge in [-0.3, -0.25) is 18.7 Å². The highest BCUT2D eigenvalue weighted by atomic mass is 16.4. The molecule has 2 aromatic rings. The van der Waals surface area contributed by atoms with Gasteiger partial charge in [-0.05, 0) is 14.1 Å². The molecule has 0 unspecified atom stereocenters. The molecule has 0 saturated heterocycles. The van der Waals surface area contributed by atoms with Crippen LogP contribution in [0.2, 0.25) is 0 Å². The number of rotatable bonds is 5. The Morgan fingerprint density at radius 1 is 1.38 bits per heavy atom. The predicted molar refractivity (Wildman–Crippen MR) is 75.4 cm³/mol. The van der Waals surface area contributed by atoms with Crippen LogP contribution in [0.5, 0.6) is 0 Å². The Labute approximate surface area is 119 Å². The first-order valence-electron chi connectivity index (χ1n) is 6.34. The second-order valence-electron chi connectivity index (χ2n) is 5.04. The van der Waals surface area contributed by atoms with Crippen molar-refractivity contribution in [3.63, 3.8) is 0 Å². The number of hydrogen-bond acceptors (Lipinski definition) is 5. The Hall–Kier alpha value is -2.42. The van der Waals surface area contributed by atoms with Gasteiger partial charge in [0.1, 0.15) is 6.54 Å².